The number of esters is 1. The van der Waals surface area contributed by atoms with Gasteiger partial charge in [0.05, 0.1) is 12.5 Å². The van der Waals surface area contributed by atoms with Gasteiger partial charge < -0.3 is 4.74 Å². The summed E-state index contributed by atoms with van der Waals surface area (Å²) in [5.41, 5.74) is -0.228. The summed E-state index contributed by atoms with van der Waals surface area (Å²) >= 11 is 0. The van der Waals surface area contributed by atoms with Gasteiger partial charge in [-0.15, -0.1) is 0 Å². The van der Waals surface area contributed by atoms with E-state index in [9.17, 15) is 4.79 Å². The van der Waals surface area contributed by atoms with Crippen LogP contribution in [0.3, 0.4) is 0 Å². The van der Waals surface area contributed by atoms with Crippen LogP contribution >= 0.6 is 0 Å². The van der Waals surface area contributed by atoms with E-state index < -0.39 is 0 Å². The molecule has 2 aliphatic rings. The SMILES string of the molecule is COC(=O)[C@@]1(C)C[C@H]2C=C[C@H]1C2. The first kappa shape index (κ1) is 7.84. The van der Waals surface area contributed by atoms with Crippen molar-refractivity contribution < 1.29 is 9.53 Å². The van der Waals surface area contributed by atoms with Gasteiger partial charge in [0.2, 0.25) is 0 Å². The normalized spacial score (nSPS) is 43.5. The van der Waals surface area contributed by atoms with E-state index in [0.717, 1.165) is 12.8 Å². The molecule has 0 heterocycles. The highest BCUT2D eigenvalue weighted by Gasteiger charge is 2.50. The number of allylic oxidation sites excluding steroid dienone is 2. The van der Waals surface area contributed by atoms with Gasteiger partial charge in [0, 0.05) is 0 Å². The summed E-state index contributed by atoms with van der Waals surface area (Å²) in [6, 6.07) is 0. The Balaban J connectivity index is 2.23. The lowest BCUT2D eigenvalue weighted by molar-refractivity contribution is -0.153. The molecule has 0 aromatic carbocycles. The van der Waals surface area contributed by atoms with E-state index >= 15 is 0 Å². The second-order valence-corrected chi connectivity index (χ2v) is 4.10. The van der Waals surface area contributed by atoms with Crippen LogP contribution in [-0.4, -0.2) is 13.1 Å². The van der Waals surface area contributed by atoms with E-state index in [2.05, 4.69) is 12.2 Å². The zero-order valence-corrected chi connectivity index (χ0v) is 7.54. The maximum atomic E-state index is 11.5. The summed E-state index contributed by atoms with van der Waals surface area (Å²) in [7, 11) is 1.48. The van der Waals surface area contributed by atoms with Crippen LogP contribution in [0.5, 0.6) is 0 Å². The Morgan fingerprint density at radius 1 is 1.58 bits per heavy atom. The summed E-state index contributed by atoms with van der Waals surface area (Å²) in [5.74, 6) is 1.01. The van der Waals surface area contributed by atoms with Crippen molar-refractivity contribution in [2.75, 3.05) is 7.11 Å². The molecule has 2 nitrogen and oxygen atoms in total. The van der Waals surface area contributed by atoms with Crippen LogP contribution in [0.15, 0.2) is 12.2 Å². The summed E-state index contributed by atoms with van der Waals surface area (Å²) < 4.78 is 4.82. The van der Waals surface area contributed by atoms with Gasteiger partial charge in [-0.1, -0.05) is 12.2 Å². The van der Waals surface area contributed by atoms with Gasteiger partial charge in [0.15, 0.2) is 0 Å². The molecule has 2 bridgehead atoms. The fourth-order valence-corrected chi connectivity index (χ4v) is 2.56. The molecule has 1 saturated carbocycles. The number of carbonyl (C=O) groups excluding carboxylic acids is 1. The van der Waals surface area contributed by atoms with Crippen molar-refractivity contribution in [1.82, 2.24) is 0 Å². The number of ether oxygens (including phenoxy) is 1. The third-order valence-electron chi connectivity index (χ3n) is 3.33. The predicted molar refractivity (Wildman–Crippen MR) is 45.5 cm³/mol. The highest BCUT2D eigenvalue weighted by atomic mass is 16.5. The summed E-state index contributed by atoms with van der Waals surface area (Å²) in [4.78, 5) is 11.5. The summed E-state index contributed by atoms with van der Waals surface area (Å²) in [6.07, 6.45) is 6.52. The lowest BCUT2D eigenvalue weighted by Crippen LogP contribution is -2.32. The van der Waals surface area contributed by atoms with Crippen LogP contribution in [0.25, 0.3) is 0 Å². The van der Waals surface area contributed by atoms with Crippen LogP contribution in [0.2, 0.25) is 0 Å². The lowest BCUT2D eigenvalue weighted by Gasteiger charge is -2.27. The Morgan fingerprint density at radius 3 is 2.75 bits per heavy atom. The van der Waals surface area contributed by atoms with Gasteiger partial charge in [-0.2, -0.15) is 0 Å². The minimum Gasteiger partial charge on any atom is -0.469 e. The Labute approximate surface area is 72.6 Å². The topological polar surface area (TPSA) is 26.3 Å². The second-order valence-electron chi connectivity index (χ2n) is 4.10. The largest absolute Gasteiger partial charge is 0.469 e. The zero-order chi connectivity index (χ0) is 8.77. The molecule has 2 rings (SSSR count). The molecule has 0 saturated heterocycles. The predicted octanol–water partition coefficient (Wildman–Crippen LogP) is 1.76. The molecule has 0 aromatic rings. The highest BCUT2D eigenvalue weighted by molar-refractivity contribution is 5.78. The zero-order valence-electron chi connectivity index (χ0n) is 7.54. The van der Waals surface area contributed by atoms with Crippen LogP contribution < -0.4 is 0 Å². The Bertz CT molecular complexity index is 244. The lowest BCUT2D eigenvalue weighted by atomic mass is 9.78. The van der Waals surface area contributed by atoms with Gasteiger partial charge in [-0.3, -0.25) is 4.79 Å². The van der Waals surface area contributed by atoms with E-state index in [4.69, 9.17) is 4.74 Å². The van der Waals surface area contributed by atoms with Gasteiger partial charge in [0.25, 0.3) is 0 Å². The van der Waals surface area contributed by atoms with Crippen molar-refractivity contribution >= 4 is 5.97 Å². The van der Waals surface area contributed by atoms with E-state index in [1.807, 2.05) is 6.92 Å². The Hall–Kier alpha value is -0.790. The molecular weight excluding hydrogens is 152 g/mol. The third-order valence-corrected chi connectivity index (χ3v) is 3.33. The van der Waals surface area contributed by atoms with Crippen molar-refractivity contribution in [3.63, 3.8) is 0 Å². The smallest absolute Gasteiger partial charge is 0.312 e. The molecule has 3 atom stereocenters. The van der Waals surface area contributed by atoms with Gasteiger partial charge in [0.1, 0.15) is 0 Å². The quantitative estimate of drug-likeness (QED) is 0.438. The minimum atomic E-state index is -0.228. The van der Waals surface area contributed by atoms with Gasteiger partial charge in [-0.05, 0) is 31.6 Å². The van der Waals surface area contributed by atoms with Gasteiger partial charge >= 0.3 is 5.97 Å². The molecule has 0 unspecified atom stereocenters. The molecule has 0 N–H and O–H groups in total. The van der Waals surface area contributed by atoms with Crippen molar-refractivity contribution in [3.8, 4) is 0 Å². The molecule has 66 valence electrons. The van der Waals surface area contributed by atoms with Crippen LogP contribution in [0.4, 0.5) is 0 Å². The Morgan fingerprint density at radius 2 is 2.33 bits per heavy atom. The van der Waals surface area contributed by atoms with Crippen LogP contribution in [0, 0.1) is 17.3 Å². The van der Waals surface area contributed by atoms with Crippen molar-refractivity contribution in [1.29, 1.82) is 0 Å². The van der Waals surface area contributed by atoms with Crippen molar-refractivity contribution in [2.24, 2.45) is 17.3 Å². The van der Waals surface area contributed by atoms with E-state index in [0.29, 0.717) is 11.8 Å². The molecule has 0 radical (unpaired) electrons. The van der Waals surface area contributed by atoms with E-state index in [1.54, 1.807) is 0 Å². The molecule has 1 fully saturated rings. The number of carbonyl (C=O) groups is 1. The van der Waals surface area contributed by atoms with E-state index in [1.165, 1.54) is 7.11 Å². The van der Waals surface area contributed by atoms with E-state index in [-0.39, 0.29) is 11.4 Å². The summed E-state index contributed by atoms with van der Waals surface area (Å²) in [5, 5.41) is 0. The summed E-state index contributed by atoms with van der Waals surface area (Å²) in [6.45, 7) is 2.02. The van der Waals surface area contributed by atoms with Gasteiger partial charge in [-0.25, -0.2) is 0 Å². The fraction of sp³-hybridized carbons (Fsp3) is 0.700. The maximum absolute atomic E-state index is 11.5. The average molecular weight is 166 g/mol. The molecule has 0 aromatic heterocycles. The number of hydrogen-bond acceptors (Lipinski definition) is 2. The minimum absolute atomic E-state index is 0.0423. The molecule has 0 amide bonds. The number of hydrogen-bond donors (Lipinski definition) is 0. The molecule has 12 heavy (non-hydrogen) atoms. The standard InChI is InChI=1S/C10H14O2/c1-10(9(11)12-2)6-7-3-4-8(10)5-7/h3-4,7-8H,5-6H2,1-2H3/t7-,8-,10-/m0/s1. The number of methoxy groups -OCH3 is 1. The monoisotopic (exact) mass is 166 g/mol. The molecule has 0 aliphatic heterocycles. The van der Waals surface area contributed by atoms with Crippen molar-refractivity contribution in [2.45, 2.75) is 19.8 Å². The number of rotatable bonds is 1. The molecule has 0 spiro atoms. The second kappa shape index (κ2) is 2.35. The fourth-order valence-electron chi connectivity index (χ4n) is 2.56. The molecule has 2 heteroatoms. The highest BCUT2D eigenvalue weighted by Crippen LogP contribution is 2.52. The first-order valence-electron chi connectivity index (χ1n) is 4.43. The van der Waals surface area contributed by atoms with Crippen LogP contribution in [0.1, 0.15) is 19.8 Å². The first-order valence-corrected chi connectivity index (χ1v) is 4.43. The van der Waals surface area contributed by atoms with Crippen molar-refractivity contribution in [3.05, 3.63) is 12.2 Å². The number of fused-ring (bicyclic) bond motifs is 2. The first-order chi connectivity index (χ1) is 5.66. The third kappa shape index (κ3) is 0.838. The van der Waals surface area contributed by atoms with Crippen LogP contribution in [-0.2, 0) is 9.53 Å². The maximum Gasteiger partial charge on any atom is 0.312 e. The molecular formula is C10H14O2. The molecule has 2 aliphatic carbocycles. The Kier molecular flexibility index (Phi) is 1.53. The average Bonchev–Trinajstić information content (AvgIpc) is 2.62.